The third-order valence-electron chi connectivity index (χ3n) is 2.04. The molecule has 2 N–H and O–H groups in total. The monoisotopic (exact) mass is 236 g/mol. The Morgan fingerprint density at radius 3 is 3.12 bits per heavy atom. The van der Waals surface area contributed by atoms with Gasteiger partial charge in [-0.1, -0.05) is 0 Å². The highest BCUT2D eigenvalue weighted by Gasteiger charge is 2.08. The molecule has 0 aliphatic rings. The lowest BCUT2D eigenvalue weighted by atomic mass is 10.2. The molecule has 0 bridgehead atoms. The van der Waals surface area contributed by atoms with Crippen molar-refractivity contribution in [2.45, 2.75) is 13.8 Å². The molecule has 0 aliphatic heterocycles. The van der Waals surface area contributed by atoms with Crippen LogP contribution in [0.3, 0.4) is 0 Å². The molecule has 6 heteroatoms. The molecule has 16 heavy (non-hydrogen) atoms. The fourth-order valence-electron chi connectivity index (χ4n) is 1.33. The van der Waals surface area contributed by atoms with Crippen molar-refractivity contribution < 1.29 is 0 Å². The summed E-state index contributed by atoms with van der Waals surface area (Å²) in [5, 5.41) is 12.1. The minimum Gasteiger partial charge on any atom is -0.362 e. The van der Waals surface area contributed by atoms with E-state index in [1.807, 2.05) is 19.2 Å². The van der Waals surface area contributed by atoms with Crippen LogP contribution in [0.1, 0.15) is 12.6 Å². The molecular formula is C10H12N4OS. The summed E-state index contributed by atoms with van der Waals surface area (Å²) in [6, 6.07) is 1.74. The van der Waals surface area contributed by atoms with Crippen LogP contribution in [0.2, 0.25) is 0 Å². The maximum atomic E-state index is 11.6. The number of hydrogen-bond acceptors (Lipinski definition) is 5. The molecule has 0 saturated heterocycles. The normalized spacial score (nSPS) is 10.4. The number of aryl methyl sites for hydroxylation is 1. The molecule has 0 radical (unpaired) electrons. The first-order chi connectivity index (χ1) is 7.70. The zero-order chi connectivity index (χ0) is 11.5. The fraction of sp³-hybridized carbons (Fsp3) is 0.300. The Labute approximate surface area is 96.6 Å². The number of aromatic nitrogens is 3. The average Bonchev–Trinajstić information content (AvgIpc) is 2.71. The SMILES string of the molecule is CCNc1nc(-c2cc(C)n[nH]c2=O)cs1. The summed E-state index contributed by atoms with van der Waals surface area (Å²) in [6.45, 7) is 4.65. The summed E-state index contributed by atoms with van der Waals surface area (Å²) < 4.78 is 0. The van der Waals surface area contributed by atoms with Crippen molar-refractivity contribution in [3.05, 3.63) is 27.5 Å². The van der Waals surface area contributed by atoms with Gasteiger partial charge in [0, 0.05) is 11.9 Å². The first-order valence-electron chi connectivity index (χ1n) is 4.97. The molecule has 0 fully saturated rings. The van der Waals surface area contributed by atoms with Gasteiger partial charge in [-0.15, -0.1) is 11.3 Å². The fourth-order valence-corrected chi connectivity index (χ4v) is 2.11. The van der Waals surface area contributed by atoms with Gasteiger partial charge < -0.3 is 5.32 Å². The molecule has 2 heterocycles. The molecule has 0 unspecified atom stereocenters. The summed E-state index contributed by atoms with van der Waals surface area (Å²) in [5.74, 6) is 0. The average molecular weight is 236 g/mol. The zero-order valence-electron chi connectivity index (χ0n) is 9.07. The van der Waals surface area contributed by atoms with Crippen LogP contribution in [0, 0.1) is 6.92 Å². The van der Waals surface area contributed by atoms with Crippen molar-refractivity contribution in [1.29, 1.82) is 0 Å². The minimum atomic E-state index is -0.209. The Balaban J connectivity index is 2.42. The van der Waals surface area contributed by atoms with E-state index in [2.05, 4.69) is 20.5 Å². The molecule has 2 aromatic heterocycles. The Morgan fingerprint density at radius 2 is 2.38 bits per heavy atom. The standard InChI is InChI=1S/C10H12N4OS/c1-3-11-10-12-8(5-16-10)7-4-6(2)13-14-9(7)15/h4-5H,3H2,1-2H3,(H,11,12)(H,14,15). The molecule has 0 atom stereocenters. The van der Waals surface area contributed by atoms with Gasteiger partial charge in [-0.25, -0.2) is 10.1 Å². The lowest BCUT2D eigenvalue weighted by Crippen LogP contribution is -2.11. The van der Waals surface area contributed by atoms with E-state index in [9.17, 15) is 4.79 Å². The lowest BCUT2D eigenvalue weighted by molar-refractivity contribution is 0.947. The molecule has 2 rings (SSSR count). The Morgan fingerprint density at radius 1 is 1.56 bits per heavy atom. The summed E-state index contributed by atoms with van der Waals surface area (Å²) >= 11 is 1.49. The number of hydrogen-bond donors (Lipinski definition) is 2. The Hall–Kier alpha value is -1.69. The predicted octanol–water partition coefficient (Wildman–Crippen LogP) is 1.63. The van der Waals surface area contributed by atoms with E-state index in [1.165, 1.54) is 11.3 Å². The van der Waals surface area contributed by atoms with Gasteiger partial charge in [-0.2, -0.15) is 5.10 Å². The van der Waals surface area contributed by atoms with Gasteiger partial charge in [0.1, 0.15) is 0 Å². The van der Waals surface area contributed by atoms with Crippen LogP contribution in [-0.4, -0.2) is 21.7 Å². The highest BCUT2D eigenvalue weighted by atomic mass is 32.1. The summed E-state index contributed by atoms with van der Waals surface area (Å²) in [5.41, 5.74) is 1.81. The molecule has 0 spiro atoms. The van der Waals surface area contributed by atoms with Gasteiger partial charge in [-0.05, 0) is 19.9 Å². The molecule has 5 nitrogen and oxygen atoms in total. The second-order valence-corrected chi connectivity index (χ2v) is 4.18. The number of anilines is 1. The molecule has 2 aromatic rings. The van der Waals surface area contributed by atoms with Crippen LogP contribution in [0.15, 0.2) is 16.2 Å². The number of nitrogens with zero attached hydrogens (tertiary/aromatic N) is 2. The van der Waals surface area contributed by atoms with Crippen molar-refractivity contribution in [2.24, 2.45) is 0 Å². The number of rotatable bonds is 3. The van der Waals surface area contributed by atoms with Crippen LogP contribution in [0.5, 0.6) is 0 Å². The first kappa shape index (κ1) is 10.8. The van der Waals surface area contributed by atoms with Gasteiger partial charge in [0.25, 0.3) is 5.56 Å². The third-order valence-corrected chi connectivity index (χ3v) is 2.84. The minimum absolute atomic E-state index is 0.209. The number of H-pyrrole nitrogens is 1. The van der Waals surface area contributed by atoms with Crippen molar-refractivity contribution in [1.82, 2.24) is 15.2 Å². The van der Waals surface area contributed by atoms with Crippen LogP contribution >= 0.6 is 11.3 Å². The summed E-state index contributed by atoms with van der Waals surface area (Å²) in [6.07, 6.45) is 0. The van der Waals surface area contributed by atoms with Crippen molar-refractivity contribution in [3.63, 3.8) is 0 Å². The maximum Gasteiger partial charge on any atom is 0.273 e. The Bertz CT molecular complexity index is 546. The van der Waals surface area contributed by atoms with Crippen molar-refractivity contribution >= 4 is 16.5 Å². The van der Waals surface area contributed by atoms with E-state index in [4.69, 9.17) is 0 Å². The van der Waals surface area contributed by atoms with Crippen molar-refractivity contribution in [2.75, 3.05) is 11.9 Å². The largest absolute Gasteiger partial charge is 0.362 e. The van der Waals surface area contributed by atoms with Gasteiger partial charge in [0.15, 0.2) is 5.13 Å². The first-order valence-corrected chi connectivity index (χ1v) is 5.84. The van der Waals surface area contributed by atoms with Crippen molar-refractivity contribution in [3.8, 4) is 11.3 Å². The number of thiazole rings is 1. The maximum absolute atomic E-state index is 11.6. The van der Waals surface area contributed by atoms with E-state index in [1.54, 1.807) is 6.07 Å². The molecular weight excluding hydrogens is 224 g/mol. The number of nitrogens with one attached hydrogen (secondary N) is 2. The van der Waals surface area contributed by atoms with E-state index in [0.29, 0.717) is 11.3 Å². The summed E-state index contributed by atoms with van der Waals surface area (Å²) in [4.78, 5) is 15.9. The molecule has 0 aromatic carbocycles. The van der Waals surface area contributed by atoms with Gasteiger partial charge >= 0.3 is 0 Å². The zero-order valence-corrected chi connectivity index (χ0v) is 9.89. The molecule has 0 aliphatic carbocycles. The van der Waals surface area contributed by atoms with Gasteiger partial charge in [0.05, 0.1) is 17.0 Å². The van der Waals surface area contributed by atoms with Gasteiger partial charge in [0.2, 0.25) is 0 Å². The smallest absolute Gasteiger partial charge is 0.273 e. The topological polar surface area (TPSA) is 70.7 Å². The second-order valence-electron chi connectivity index (χ2n) is 3.32. The van der Waals surface area contributed by atoms with E-state index in [0.717, 1.165) is 17.4 Å². The highest BCUT2D eigenvalue weighted by Crippen LogP contribution is 2.22. The predicted molar refractivity (Wildman–Crippen MR) is 64.9 cm³/mol. The molecule has 0 amide bonds. The second kappa shape index (κ2) is 4.44. The van der Waals surface area contributed by atoms with Crippen LogP contribution < -0.4 is 10.9 Å². The van der Waals surface area contributed by atoms with E-state index in [-0.39, 0.29) is 5.56 Å². The van der Waals surface area contributed by atoms with Crippen LogP contribution in [0.4, 0.5) is 5.13 Å². The summed E-state index contributed by atoms with van der Waals surface area (Å²) in [7, 11) is 0. The molecule has 84 valence electrons. The number of aromatic amines is 1. The Kier molecular flexibility index (Phi) is 3.00. The van der Waals surface area contributed by atoms with Crippen LogP contribution in [0.25, 0.3) is 11.3 Å². The van der Waals surface area contributed by atoms with Gasteiger partial charge in [-0.3, -0.25) is 4.79 Å². The third kappa shape index (κ3) is 2.11. The molecule has 0 saturated carbocycles. The van der Waals surface area contributed by atoms with Crippen LogP contribution in [-0.2, 0) is 0 Å². The quantitative estimate of drug-likeness (QED) is 0.849. The van der Waals surface area contributed by atoms with E-state index >= 15 is 0 Å². The highest BCUT2D eigenvalue weighted by molar-refractivity contribution is 7.14. The van der Waals surface area contributed by atoms with E-state index < -0.39 is 0 Å². The lowest BCUT2D eigenvalue weighted by Gasteiger charge is -1.97.